The summed E-state index contributed by atoms with van der Waals surface area (Å²) in [4.78, 5) is 0. The van der Waals surface area contributed by atoms with E-state index in [9.17, 15) is 9.65 Å². The molecular weight excluding hydrogens is 295 g/mol. The van der Waals surface area contributed by atoms with Crippen LogP contribution in [0.4, 0.5) is 10.1 Å². The summed E-state index contributed by atoms with van der Waals surface area (Å²) < 4.78 is 13.9. The molecular formula is C14H10BrFN2. The van der Waals surface area contributed by atoms with E-state index in [0.29, 0.717) is 5.69 Å². The second-order valence-corrected chi connectivity index (χ2v) is 4.59. The van der Waals surface area contributed by atoms with Gasteiger partial charge in [-0.25, -0.2) is 4.39 Å². The largest absolute Gasteiger partial charge is 0.366 e. The molecule has 0 fully saturated rings. The third-order valence-electron chi connectivity index (χ3n) is 2.48. The summed E-state index contributed by atoms with van der Waals surface area (Å²) >= 11 is 3.40. The maximum atomic E-state index is 13.1. The number of nitriles is 1. The lowest BCUT2D eigenvalue weighted by atomic mass is 10.1. The third-order valence-corrected chi connectivity index (χ3v) is 3.20. The molecule has 0 heterocycles. The fourth-order valence-electron chi connectivity index (χ4n) is 1.63. The number of rotatable bonds is 3. The molecule has 2 nitrogen and oxygen atoms in total. The summed E-state index contributed by atoms with van der Waals surface area (Å²) in [6.45, 7) is 0. The van der Waals surface area contributed by atoms with Crippen molar-refractivity contribution in [3.05, 3.63) is 64.4 Å². The zero-order valence-corrected chi connectivity index (χ0v) is 11.0. The van der Waals surface area contributed by atoms with E-state index in [-0.39, 0.29) is 5.82 Å². The van der Waals surface area contributed by atoms with Crippen molar-refractivity contribution >= 4 is 21.6 Å². The minimum Gasteiger partial charge on any atom is -0.366 e. The molecule has 0 spiro atoms. The summed E-state index contributed by atoms with van der Waals surface area (Å²) in [7, 11) is 0. The van der Waals surface area contributed by atoms with Crippen LogP contribution in [0.5, 0.6) is 0 Å². The van der Waals surface area contributed by atoms with Gasteiger partial charge >= 0.3 is 0 Å². The summed E-state index contributed by atoms with van der Waals surface area (Å²) in [6.07, 6.45) is 0. The predicted octanol–water partition coefficient (Wildman–Crippen LogP) is 4.26. The number of anilines is 1. The first-order chi connectivity index (χ1) is 8.70. The Bertz CT molecular complexity index is 592. The average molecular weight is 305 g/mol. The molecule has 90 valence electrons. The van der Waals surface area contributed by atoms with Gasteiger partial charge in [0.25, 0.3) is 0 Å². The zero-order chi connectivity index (χ0) is 13.0. The molecule has 2 aromatic carbocycles. The van der Waals surface area contributed by atoms with Gasteiger partial charge in [-0.3, -0.25) is 0 Å². The van der Waals surface area contributed by atoms with E-state index in [2.05, 4.69) is 27.3 Å². The van der Waals surface area contributed by atoms with Crippen LogP contribution in [0.25, 0.3) is 0 Å². The van der Waals surface area contributed by atoms with Crippen LogP contribution in [0.3, 0.4) is 0 Å². The van der Waals surface area contributed by atoms with E-state index in [1.807, 2.05) is 24.3 Å². The Balaban J connectivity index is 2.26. The highest BCUT2D eigenvalue weighted by Gasteiger charge is 2.13. The van der Waals surface area contributed by atoms with Crippen LogP contribution < -0.4 is 5.32 Å². The second-order valence-electron chi connectivity index (χ2n) is 3.74. The van der Waals surface area contributed by atoms with Gasteiger partial charge < -0.3 is 5.32 Å². The van der Waals surface area contributed by atoms with Gasteiger partial charge in [0, 0.05) is 15.7 Å². The number of nitrogens with zero attached hydrogens (tertiary/aromatic N) is 1. The van der Waals surface area contributed by atoms with Crippen LogP contribution in [0.1, 0.15) is 11.6 Å². The number of hydrogen-bond donors (Lipinski definition) is 1. The fourth-order valence-corrected chi connectivity index (χ4v) is 2.15. The topological polar surface area (TPSA) is 35.8 Å². The Hall–Kier alpha value is -1.86. The van der Waals surface area contributed by atoms with Gasteiger partial charge in [-0.1, -0.05) is 40.2 Å². The van der Waals surface area contributed by atoms with Crippen molar-refractivity contribution in [2.24, 2.45) is 0 Å². The summed E-state index contributed by atoms with van der Waals surface area (Å²) in [5.74, 6) is -0.330. The SMILES string of the molecule is N#CC(Nc1cccc(F)c1)c1ccccc1Br. The minimum atomic E-state index is -0.526. The van der Waals surface area contributed by atoms with Crippen molar-refractivity contribution in [3.63, 3.8) is 0 Å². The second kappa shape index (κ2) is 5.65. The highest BCUT2D eigenvalue weighted by Crippen LogP contribution is 2.26. The van der Waals surface area contributed by atoms with Gasteiger partial charge in [0.05, 0.1) is 6.07 Å². The standard InChI is InChI=1S/C14H10BrFN2/c15-13-7-2-1-6-12(13)14(9-17)18-11-5-3-4-10(16)8-11/h1-8,14,18H. The molecule has 0 aliphatic carbocycles. The van der Waals surface area contributed by atoms with Gasteiger partial charge in [-0.15, -0.1) is 0 Å². The van der Waals surface area contributed by atoms with E-state index < -0.39 is 6.04 Å². The first kappa shape index (κ1) is 12.6. The first-order valence-corrected chi connectivity index (χ1v) is 6.16. The van der Waals surface area contributed by atoms with Gasteiger partial charge in [0.15, 0.2) is 0 Å². The zero-order valence-electron chi connectivity index (χ0n) is 9.40. The maximum Gasteiger partial charge on any atom is 0.141 e. The van der Waals surface area contributed by atoms with Crippen LogP contribution in [-0.2, 0) is 0 Å². The van der Waals surface area contributed by atoms with Crippen LogP contribution in [0, 0.1) is 17.1 Å². The predicted molar refractivity (Wildman–Crippen MR) is 72.5 cm³/mol. The average Bonchev–Trinajstić information content (AvgIpc) is 2.37. The number of benzene rings is 2. The monoisotopic (exact) mass is 304 g/mol. The van der Waals surface area contributed by atoms with Crippen LogP contribution in [0.2, 0.25) is 0 Å². The van der Waals surface area contributed by atoms with Crippen molar-refractivity contribution < 1.29 is 4.39 Å². The normalized spacial score (nSPS) is 11.6. The van der Waals surface area contributed by atoms with E-state index in [4.69, 9.17) is 0 Å². The molecule has 2 aromatic rings. The lowest BCUT2D eigenvalue weighted by Gasteiger charge is -2.14. The van der Waals surface area contributed by atoms with Crippen molar-refractivity contribution in [2.75, 3.05) is 5.32 Å². The van der Waals surface area contributed by atoms with E-state index in [0.717, 1.165) is 10.0 Å². The van der Waals surface area contributed by atoms with E-state index in [1.54, 1.807) is 12.1 Å². The maximum absolute atomic E-state index is 13.1. The van der Waals surface area contributed by atoms with E-state index >= 15 is 0 Å². The molecule has 0 radical (unpaired) electrons. The summed E-state index contributed by atoms with van der Waals surface area (Å²) in [5, 5.41) is 12.2. The highest BCUT2D eigenvalue weighted by atomic mass is 79.9. The van der Waals surface area contributed by atoms with Crippen molar-refractivity contribution in [3.8, 4) is 6.07 Å². The lowest BCUT2D eigenvalue weighted by Crippen LogP contribution is -2.09. The number of halogens is 2. The molecule has 0 bridgehead atoms. The first-order valence-electron chi connectivity index (χ1n) is 5.37. The molecule has 0 saturated carbocycles. The van der Waals surface area contributed by atoms with Crippen LogP contribution in [0.15, 0.2) is 53.0 Å². The molecule has 0 saturated heterocycles. The highest BCUT2D eigenvalue weighted by molar-refractivity contribution is 9.10. The molecule has 0 aliphatic heterocycles. The molecule has 18 heavy (non-hydrogen) atoms. The molecule has 1 N–H and O–H groups in total. The lowest BCUT2D eigenvalue weighted by molar-refractivity contribution is 0.628. The van der Waals surface area contributed by atoms with Crippen molar-refractivity contribution in [1.82, 2.24) is 0 Å². The van der Waals surface area contributed by atoms with Crippen LogP contribution >= 0.6 is 15.9 Å². The van der Waals surface area contributed by atoms with Crippen molar-refractivity contribution in [1.29, 1.82) is 5.26 Å². The minimum absolute atomic E-state index is 0.330. The molecule has 0 aliphatic rings. The molecule has 2 rings (SSSR count). The smallest absolute Gasteiger partial charge is 0.141 e. The van der Waals surface area contributed by atoms with E-state index in [1.165, 1.54) is 12.1 Å². The summed E-state index contributed by atoms with van der Waals surface area (Å²) in [6, 6.07) is 15.2. The van der Waals surface area contributed by atoms with Crippen molar-refractivity contribution in [2.45, 2.75) is 6.04 Å². The quantitative estimate of drug-likeness (QED) is 0.919. The fraction of sp³-hybridized carbons (Fsp3) is 0.0714. The molecule has 0 aromatic heterocycles. The summed E-state index contributed by atoms with van der Waals surface area (Å²) in [5.41, 5.74) is 1.40. The van der Waals surface area contributed by atoms with Gasteiger partial charge in [-0.05, 0) is 24.3 Å². The third kappa shape index (κ3) is 2.88. The molecule has 1 atom stereocenters. The molecule has 0 amide bonds. The van der Waals surface area contributed by atoms with Crippen LogP contribution in [-0.4, -0.2) is 0 Å². The molecule has 1 unspecified atom stereocenters. The number of hydrogen-bond acceptors (Lipinski definition) is 2. The Kier molecular flexibility index (Phi) is 3.96. The Morgan fingerprint density at radius 1 is 1.17 bits per heavy atom. The molecule has 4 heteroatoms. The van der Waals surface area contributed by atoms with Gasteiger partial charge in [-0.2, -0.15) is 5.26 Å². The van der Waals surface area contributed by atoms with Gasteiger partial charge in [0.1, 0.15) is 11.9 Å². The Morgan fingerprint density at radius 3 is 2.61 bits per heavy atom. The Morgan fingerprint density at radius 2 is 1.94 bits per heavy atom. The number of nitrogens with one attached hydrogen (secondary N) is 1. The Labute approximate surface area is 113 Å². The van der Waals surface area contributed by atoms with Gasteiger partial charge in [0.2, 0.25) is 0 Å².